The van der Waals surface area contributed by atoms with Gasteiger partial charge >= 0.3 is 0 Å². The van der Waals surface area contributed by atoms with Crippen molar-refractivity contribution < 1.29 is 9.26 Å². The summed E-state index contributed by atoms with van der Waals surface area (Å²) in [5.74, 6) is 2.79. The van der Waals surface area contributed by atoms with Crippen molar-refractivity contribution in [1.29, 1.82) is 0 Å². The van der Waals surface area contributed by atoms with Crippen LogP contribution in [0, 0.1) is 0 Å². The topological polar surface area (TPSA) is 73.1 Å². The molecule has 146 valence electrons. The van der Waals surface area contributed by atoms with Crippen LogP contribution < -0.4 is 10.1 Å². The maximum absolute atomic E-state index is 6.16. The van der Waals surface area contributed by atoms with Gasteiger partial charge < -0.3 is 14.6 Å². The number of hydrogen-bond acceptors (Lipinski definition) is 6. The predicted molar refractivity (Wildman–Crippen MR) is 113 cm³/mol. The van der Waals surface area contributed by atoms with Gasteiger partial charge in [0, 0.05) is 28.9 Å². The Hall–Kier alpha value is -3.09. The van der Waals surface area contributed by atoms with Crippen molar-refractivity contribution in [2.24, 2.45) is 0 Å². The molecule has 4 rings (SSSR count). The summed E-state index contributed by atoms with van der Waals surface area (Å²) in [7, 11) is 1.79. The van der Waals surface area contributed by atoms with Crippen LogP contribution >= 0.6 is 23.2 Å². The van der Waals surface area contributed by atoms with Crippen molar-refractivity contribution in [2.75, 3.05) is 12.4 Å². The lowest BCUT2D eigenvalue weighted by Gasteiger charge is -2.11. The van der Waals surface area contributed by atoms with E-state index >= 15 is 0 Å². The molecule has 6 nitrogen and oxygen atoms in total. The number of aromatic nitrogens is 3. The molecule has 0 radical (unpaired) electrons. The van der Waals surface area contributed by atoms with Crippen molar-refractivity contribution in [3.05, 3.63) is 82.3 Å². The molecular formula is C21H16Cl2N4O2. The molecule has 0 aliphatic rings. The van der Waals surface area contributed by atoms with E-state index in [1.54, 1.807) is 37.5 Å². The first kappa shape index (κ1) is 19.2. The number of nitrogens with one attached hydrogen (secondary N) is 1. The van der Waals surface area contributed by atoms with E-state index in [1.165, 1.54) is 0 Å². The molecule has 2 heterocycles. The standard InChI is InChI=1S/C21H16Cl2N4O2/c1-24-20-17(6-3-9-25-20)21-26-19(29-27-21)10-13-7-8-15(23)12-18(13)28-16-5-2-4-14(22)11-16/h2-9,11-12H,10H2,1H3,(H,24,25). The van der Waals surface area contributed by atoms with E-state index < -0.39 is 0 Å². The van der Waals surface area contributed by atoms with Crippen LogP contribution in [0.5, 0.6) is 11.5 Å². The molecule has 0 bridgehead atoms. The Morgan fingerprint density at radius 1 is 1.03 bits per heavy atom. The van der Waals surface area contributed by atoms with Gasteiger partial charge in [-0.15, -0.1) is 0 Å². The van der Waals surface area contributed by atoms with Gasteiger partial charge in [-0.2, -0.15) is 4.98 Å². The third-order valence-electron chi connectivity index (χ3n) is 4.15. The summed E-state index contributed by atoms with van der Waals surface area (Å²) in [6.07, 6.45) is 2.08. The molecule has 8 heteroatoms. The van der Waals surface area contributed by atoms with E-state index in [-0.39, 0.29) is 0 Å². The molecule has 0 aliphatic carbocycles. The zero-order valence-corrected chi connectivity index (χ0v) is 16.9. The Kier molecular flexibility index (Phi) is 5.64. The smallest absolute Gasteiger partial charge is 0.231 e. The zero-order chi connectivity index (χ0) is 20.2. The molecule has 29 heavy (non-hydrogen) atoms. The monoisotopic (exact) mass is 426 g/mol. The van der Waals surface area contributed by atoms with Crippen molar-refractivity contribution >= 4 is 29.0 Å². The van der Waals surface area contributed by atoms with Crippen molar-refractivity contribution in [2.45, 2.75) is 6.42 Å². The number of hydrogen-bond donors (Lipinski definition) is 1. The molecule has 1 N–H and O–H groups in total. The first-order valence-electron chi connectivity index (χ1n) is 8.80. The van der Waals surface area contributed by atoms with Crippen molar-refractivity contribution in [3.8, 4) is 22.9 Å². The molecule has 0 spiro atoms. The van der Waals surface area contributed by atoms with Crippen LogP contribution in [0.4, 0.5) is 5.82 Å². The Morgan fingerprint density at radius 3 is 2.72 bits per heavy atom. The molecule has 2 aromatic carbocycles. The molecule has 0 saturated heterocycles. The molecule has 2 aromatic heterocycles. The number of ether oxygens (including phenoxy) is 1. The Morgan fingerprint density at radius 2 is 1.90 bits per heavy atom. The fourth-order valence-electron chi connectivity index (χ4n) is 2.81. The highest BCUT2D eigenvalue weighted by molar-refractivity contribution is 6.31. The Balaban J connectivity index is 1.61. The Bertz CT molecular complexity index is 1150. The third-order valence-corrected chi connectivity index (χ3v) is 4.62. The summed E-state index contributed by atoms with van der Waals surface area (Å²) in [5, 5.41) is 8.25. The van der Waals surface area contributed by atoms with E-state index in [2.05, 4.69) is 20.4 Å². The summed E-state index contributed by atoms with van der Waals surface area (Å²) in [6.45, 7) is 0. The number of benzene rings is 2. The summed E-state index contributed by atoms with van der Waals surface area (Å²) in [5.41, 5.74) is 1.61. The minimum absolute atomic E-state index is 0.384. The largest absolute Gasteiger partial charge is 0.457 e. The van der Waals surface area contributed by atoms with Gasteiger partial charge in [-0.3, -0.25) is 0 Å². The van der Waals surface area contributed by atoms with Crippen molar-refractivity contribution in [1.82, 2.24) is 15.1 Å². The third kappa shape index (κ3) is 4.50. The van der Waals surface area contributed by atoms with Gasteiger partial charge in [-0.25, -0.2) is 4.98 Å². The van der Waals surface area contributed by atoms with Crippen LogP contribution in [0.1, 0.15) is 11.5 Å². The van der Waals surface area contributed by atoms with Crippen LogP contribution in [0.15, 0.2) is 65.3 Å². The van der Waals surface area contributed by atoms with Crippen LogP contribution in [0.25, 0.3) is 11.4 Å². The highest BCUT2D eigenvalue weighted by Crippen LogP contribution is 2.31. The number of halogens is 2. The van der Waals surface area contributed by atoms with E-state index in [4.69, 9.17) is 32.5 Å². The van der Waals surface area contributed by atoms with Gasteiger partial charge in [0.2, 0.25) is 11.7 Å². The zero-order valence-electron chi connectivity index (χ0n) is 15.4. The maximum atomic E-state index is 6.16. The molecule has 0 unspecified atom stereocenters. The van der Waals surface area contributed by atoms with Crippen LogP contribution in [-0.2, 0) is 6.42 Å². The second-order valence-corrected chi connectivity index (χ2v) is 7.02. The minimum atomic E-state index is 0.384. The summed E-state index contributed by atoms with van der Waals surface area (Å²) in [6, 6.07) is 16.3. The van der Waals surface area contributed by atoms with E-state index in [1.807, 2.05) is 30.3 Å². The van der Waals surface area contributed by atoms with E-state index in [9.17, 15) is 0 Å². The molecular weight excluding hydrogens is 411 g/mol. The van der Waals surface area contributed by atoms with Gasteiger partial charge in [0.15, 0.2) is 0 Å². The molecule has 4 aromatic rings. The summed E-state index contributed by atoms with van der Waals surface area (Å²) >= 11 is 12.2. The maximum Gasteiger partial charge on any atom is 0.231 e. The van der Waals surface area contributed by atoms with Gasteiger partial charge in [0.25, 0.3) is 0 Å². The summed E-state index contributed by atoms with van der Waals surface area (Å²) in [4.78, 5) is 8.77. The average molecular weight is 427 g/mol. The SMILES string of the molecule is CNc1ncccc1-c1noc(Cc2ccc(Cl)cc2Oc2cccc(Cl)c2)n1. The second kappa shape index (κ2) is 8.51. The number of pyridine rings is 1. The molecule has 0 saturated carbocycles. The van der Waals surface area contributed by atoms with E-state index in [0.29, 0.717) is 45.5 Å². The van der Waals surface area contributed by atoms with Crippen LogP contribution in [0.2, 0.25) is 10.0 Å². The van der Waals surface area contributed by atoms with Crippen LogP contribution in [0.3, 0.4) is 0 Å². The first-order valence-corrected chi connectivity index (χ1v) is 9.55. The lowest BCUT2D eigenvalue weighted by atomic mass is 10.1. The molecule has 0 amide bonds. The molecule has 0 atom stereocenters. The minimum Gasteiger partial charge on any atom is -0.457 e. The lowest BCUT2D eigenvalue weighted by molar-refractivity contribution is 0.383. The normalized spacial score (nSPS) is 10.7. The van der Waals surface area contributed by atoms with Crippen molar-refractivity contribution in [3.63, 3.8) is 0 Å². The molecule has 0 fully saturated rings. The lowest BCUT2D eigenvalue weighted by Crippen LogP contribution is -1.96. The van der Waals surface area contributed by atoms with E-state index in [0.717, 1.165) is 11.1 Å². The average Bonchev–Trinajstić information content (AvgIpc) is 3.18. The van der Waals surface area contributed by atoms with Gasteiger partial charge in [0.05, 0.1) is 12.0 Å². The fraction of sp³-hybridized carbons (Fsp3) is 0.0952. The number of anilines is 1. The molecule has 0 aliphatic heterocycles. The van der Waals surface area contributed by atoms with Gasteiger partial charge in [-0.1, -0.05) is 40.5 Å². The van der Waals surface area contributed by atoms with Gasteiger partial charge in [0.1, 0.15) is 17.3 Å². The summed E-state index contributed by atoms with van der Waals surface area (Å²) < 4.78 is 11.4. The second-order valence-electron chi connectivity index (χ2n) is 6.15. The fourth-order valence-corrected chi connectivity index (χ4v) is 3.15. The van der Waals surface area contributed by atoms with Crippen LogP contribution in [-0.4, -0.2) is 22.2 Å². The predicted octanol–water partition coefficient (Wildman–Crippen LogP) is 5.86. The highest BCUT2D eigenvalue weighted by Gasteiger charge is 2.15. The highest BCUT2D eigenvalue weighted by atomic mass is 35.5. The number of rotatable bonds is 6. The quantitative estimate of drug-likeness (QED) is 0.415. The Labute approximate surface area is 177 Å². The van der Waals surface area contributed by atoms with Gasteiger partial charge in [-0.05, 0) is 42.5 Å². The number of nitrogens with zero attached hydrogens (tertiary/aromatic N) is 3. The first-order chi connectivity index (χ1) is 14.1.